The number of nitrogens with zero attached hydrogens (tertiary/aromatic N) is 2. The molecule has 7 heteroatoms. The zero-order valence-electron chi connectivity index (χ0n) is 8.33. The van der Waals surface area contributed by atoms with E-state index in [1.165, 1.54) is 6.33 Å². The first-order valence-corrected chi connectivity index (χ1v) is 6.03. The molecule has 1 aliphatic heterocycles. The molecule has 0 aliphatic carbocycles. The summed E-state index contributed by atoms with van der Waals surface area (Å²) in [5.74, 6) is 0.749. The van der Waals surface area contributed by atoms with Crippen LogP contribution in [0.15, 0.2) is 10.8 Å². The summed E-state index contributed by atoms with van der Waals surface area (Å²) in [7, 11) is 0. The van der Waals surface area contributed by atoms with Gasteiger partial charge in [-0.3, -0.25) is 4.79 Å². The summed E-state index contributed by atoms with van der Waals surface area (Å²) in [5, 5.41) is 6.38. The van der Waals surface area contributed by atoms with Crippen molar-refractivity contribution in [2.24, 2.45) is 0 Å². The van der Waals surface area contributed by atoms with Gasteiger partial charge in [0.05, 0.1) is 4.47 Å². The van der Waals surface area contributed by atoms with E-state index in [-0.39, 0.29) is 11.9 Å². The van der Waals surface area contributed by atoms with Crippen molar-refractivity contribution in [1.29, 1.82) is 0 Å². The van der Waals surface area contributed by atoms with Gasteiger partial charge in [-0.1, -0.05) is 11.6 Å². The first-order chi connectivity index (χ1) is 7.66. The van der Waals surface area contributed by atoms with Crippen LogP contribution in [0.5, 0.6) is 0 Å². The third-order valence-electron chi connectivity index (χ3n) is 2.35. The van der Waals surface area contributed by atoms with Crippen molar-refractivity contribution in [3.63, 3.8) is 0 Å². The minimum atomic E-state index is 0.0952. The fourth-order valence-electron chi connectivity index (χ4n) is 1.50. The monoisotopic (exact) mass is 304 g/mol. The molecule has 0 spiro atoms. The van der Waals surface area contributed by atoms with Gasteiger partial charge >= 0.3 is 0 Å². The van der Waals surface area contributed by atoms with Crippen LogP contribution in [0.1, 0.15) is 12.8 Å². The van der Waals surface area contributed by atoms with Gasteiger partial charge in [-0.15, -0.1) is 0 Å². The Morgan fingerprint density at radius 3 is 3.06 bits per heavy atom. The molecule has 0 bridgehead atoms. The summed E-state index contributed by atoms with van der Waals surface area (Å²) in [4.78, 5) is 18.9. The molecule has 1 atom stereocenters. The van der Waals surface area contributed by atoms with Crippen LogP contribution in [-0.2, 0) is 4.79 Å². The molecule has 16 heavy (non-hydrogen) atoms. The number of rotatable bonds is 2. The van der Waals surface area contributed by atoms with Crippen molar-refractivity contribution in [3.8, 4) is 0 Å². The van der Waals surface area contributed by atoms with E-state index in [2.05, 4.69) is 36.5 Å². The quantitative estimate of drug-likeness (QED) is 0.814. The van der Waals surface area contributed by atoms with Crippen molar-refractivity contribution in [2.75, 3.05) is 11.9 Å². The minimum Gasteiger partial charge on any atom is -0.364 e. The molecule has 1 aliphatic rings. The second kappa shape index (κ2) is 4.97. The molecule has 1 amide bonds. The molecule has 1 aromatic heterocycles. The third-order valence-corrected chi connectivity index (χ3v) is 3.62. The lowest BCUT2D eigenvalue weighted by Crippen LogP contribution is -2.42. The van der Waals surface area contributed by atoms with Crippen LogP contribution in [-0.4, -0.2) is 28.5 Å². The fourth-order valence-corrected chi connectivity index (χ4v) is 1.95. The van der Waals surface area contributed by atoms with E-state index >= 15 is 0 Å². The molecule has 5 nitrogen and oxygen atoms in total. The van der Waals surface area contributed by atoms with Gasteiger partial charge in [0.25, 0.3) is 0 Å². The first-order valence-electron chi connectivity index (χ1n) is 4.86. The smallest absolute Gasteiger partial charge is 0.220 e. The standard InChI is InChI=1S/C9H10BrClN4O/c10-7-8(11)13-4-14-9(7)15-5-1-2-6(16)12-3-5/h4-5H,1-3H2,(H,12,16)(H,13,14,15). The van der Waals surface area contributed by atoms with Gasteiger partial charge in [-0.2, -0.15) is 0 Å². The minimum absolute atomic E-state index is 0.0952. The lowest BCUT2D eigenvalue weighted by molar-refractivity contribution is -0.122. The summed E-state index contributed by atoms with van der Waals surface area (Å²) >= 11 is 9.16. The highest BCUT2D eigenvalue weighted by Crippen LogP contribution is 2.27. The van der Waals surface area contributed by atoms with Gasteiger partial charge in [-0.05, 0) is 22.4 Å². The zero-order chi connectivity index (χ0) is 11.5. The van der Waals surface area contributed by atoms with Gasteiger partial charge in [0.1, 0.15) is 17.3 Å². The van der Waals surface area contributed by atoms with Gasteiger partial charge < -0.3 is 10.6 Å². The Bertz CT molecular complexity index is 404. The predicted molar refractivity (Wildman–Crippen MR) is 64.4 cm³/mol. The molecular weight excluding hydrogens is 295 g/mol. The number of nitrogens with one attached hydrogen (secondary N) is 2. The molecule has 2 N–H and O–H groups in total. The van der Waals surface area contributed by atoms with Crippen molar-refractivity contribution >= 4 is 39.3 Å². The van der Waals surface area contributed by atoms with Crippen LogP contribution in [0.4, 0.5) is 5.82 Å². The Labute approximate surface area is 106 Å². The molecule has 86 valence electrons. The number of amides is 1. The predicted octanol–water partition coefficient (Wildman–Crippen LogP) is 1.58. The number of carbonyl (C=O) groups excluding carboxylic acids is 1. The summed E-state index contributed by atoms with van der Waals surface area (Å²) < 4.78 is 0.647. The van der Waals surface area contributed by atoms with Crippen LogP contribution in [0.2, 0.25) is 5.15 Å². The van der Waals surface area contributed by atoms with Gasteiger partial charge in [0.15, 0.2) is 0 Å². The molecule has 1 aromatic rings. The summed E-state index contributed by atoms with van der Waals surface area (Å²) in [6, 6.07) is 0.181. The first kappa shape index (κ1) is 11.6. The lowest BCUT2D eigenvalue weighted by Gasteiger charge is -2.24. The summed E-state index contributed by atoms with van der Waals surface area (Å²) in [6.45, 7) is 0.604. The van der Waals surface area contributed by atoms with E-state index in [1.54, 1.807) is 0 Å². The van der Waals surface area contributed by atoms with E-state index < -0.39 is 0 Å². The average molecular weight is 306 g/mol. The average Bonchev–Trinajstić information content (AvgIpc) is 2.28. The van der Waals surface area contributed by atoms with Crippen molar-refractivity contribution < 1.29 is 4.79 Å². The molecule has 0 aromatic carbocycles. The summed E-state index contributed by atoms with van der Waals surface area (Å²) in [5.41, 5.74) is 0. The molecule has 1 unspecified atom stereocenters. The molecule has 1 fully saturated rings. The highest BCUT2D eigenvalue weighted by Gasteiger charge is 2.19. The number of hydrogen-bond donors (Lipinski definition) is 2. The van der Waals surface area contributed by atoms with Crippen LogP contribution >= 0.6 is 27.5 Å². The van der Waals surface area contributed by atoms with E-state index in [1.807, 2.05) is 0 Å². The second-order valence-electron chi connectivity index (χ2n) is 3.51. The van der Waals surface area contributed by atoms with Crippen molar-refractivity contribution in [2.45, 2.75) is 18.9 Å². The molecule has 2 heterocycles. The maximum atomic E-state index is 11.0. The number of aromatic nitrogens is 2. The molecule has 1 saturated heterocycles. The molecule has 0 radical (unpaired) electrons. The zero-order valence-corrected chi connectivity index (χ0v) is 10.7. The molecular formula is C9H10BrClN4O. The largest absolute Gasteiger partial charge is 0.364 e. The van der Waals surface area contributed by atoms with Crippen LogP contribution < -0.4 is 10.6 Å². The van der Waals surface area contributed by atoms with E-state index in [0.29, 0.717) is 28.4 Å². The third kappa shape index (κ3) is 2.62. The van der Waals surface area contributed by atoms with Crippen molar-refractivity contribution in [3.05, 3.63) is 16.0 Å². The summed E-state index contributed by atoms with van der Waals surface area (Å²) in [6.07, 6.45) is 2.73. The van der Waals surface area contributed by atoms with Gasteiger partial charge in [-0.25, -0.2) is 9.97 Å². The van der Waals surface area contributed by atoms with E-state index in [9.17, 15) is 4.79 Å². The SMILES string of the molecule is O=C1CCC(Nc2ncnc(Cl)c2Br)CN1. The fraction of sp³-hybridized carbons (Fsp3) is 0.444. The maximum Gasteiger partial charge on any atom is 0.220 e. The van der Waals surface area contributed by atoms with Crippen LogP contribution in [0.3, 0.4) is 0 Å². The normalized spacial score (nSPS) is 20.4. The second-order valence-corrected chi connectivity index (χ2v) is 4.66. The molecule has 2 rings (SSSR count). The Hall–Kier alpha value is -0.880. The Morgan fingerprint density at radius 1 is 1.56 bits per heavy atom. The Kier molecular flexibility index (Phi) is 3.60. The number of halogens is 2. The molecule has 0 saturated carbocycles. The van der Waals surface area contributed by atoms with Gasteiger partial charge in [0.2, 0.25) is 5.91 Å². The Morgan fingerprint density at radius 2 is 2.38 bits per heavy atom. The van der Waals surface area contributed by atoms with Crippen LogP contribution in [0.25, 0.3) is 0 Å². The van der Waals surface area contributed by atoms with Gasteiger partial charge in [0, 0.05) is 19.0 Å². The van der Waals surface area contributed by atoms with Crippen LogP contribution in [0, 0.1) is 0 Å². The van der Waals surface area contributed by atoms with E-state index in [0.717, 1.165) is 6.42 Å². The number of carbonyl (C=O) groups is 1. The highest BCUT2D eigenvalue weighted by molar-refractivity contribution is 9.10. The maximum absolute atomic E-state index is 11.0. The lowest BCUT2D eigenvalue weighted by atomic mass is 10.1. The number of hydrogen-bond acceptors (Lipinski definition) is 4. The number of piperidine rings is 1. The van der Waals surface area contributed by atoms with Crippen molar-refractivity contribution in [1.82, 2.24) is 15.3 Å². The number of anilines is 1. The Balaban J connectivity index is 2.04. The van der Waals surface area contributed by atoms with E-state index in [4.69, 9.17) is 11.6 Å². The topological polar surface area (TPSA) is 66.9 Å². The highest BCUT2D eigenvalue weighted by atomic mass is 79.9.